The van der Waals surface area contributed by atoms with Gasteiger partial charge in [0, 0.05) is 31.7 Å². The molecule has 28 heavy (non-hydrogen) atoms. The van der Waals surface area contributed by atoms with Crippen LogP contribution in [0.3, 0.4) is 0 Å². The molecule has 0 aromatic heterocycles. The van der Waals surface area contributed by atoms with E-state index in [-0.39, 0.29) is 5.91 Å². The van der Waals surface area contributed by atoms with E-state index in [2.05, 4.69) is 6.07 Å². The number of hydrogen-bond donors (Lipinski definition) is 0. The van der Waals surface area contributed by atoms with E-state index in [4.69, 9.17) is 0 Å². The molecule has 0 atom stereocenters. The first kappa shape index (κ1) is 19.2. The highest BCUT2D eigenvalue weighted by Gasteiger charge is 2.31. The van der Waals surface area contributed by atoms with Gasteiger partial charge in [-0.1, -0.05) is 18.2 Å². The highest BCUT2D eigenvalue weighted by atomic mass is 32.2. The molecule has 4 rings (SSSR count). The molecule has 148 valence electrons. The third-order valence-electron chi connectivity index (χ3n) is 5.83. The van der Waals surface area contributed by atoms with Crippen LogP contribution in [-0.4, -0.2) is 49.7 Å². The zero-order chi connectivity index (χ0) is 19.9. The zero-order valence-corrected chi connectivity index (χ0v) is 17.3. The lowest BCUT2D eigenvalue weighted by Crippen LogP contribution is -2.50. The summed E-state index contributed by atoms with van der Waals surface area (Å²) in [6.07, 6.45) is 3.29. The van der Waals surface area contributed by atoms with E-state index in [0.29, 0.717) is 36.6 Å². The smallest absolute Gasteiger partial charge is 0.253 e. The highest BCUT2D eigenvalue weighted by Crippen LogP contribution is 2.25. The molecule has 0 unspecified atom stereocenters. The molecule has 1 amide bonds. The Labute approximate surface area is 167 Å². The van der Waals surface area contributed by atoms with Crippen LogP contribution in [0.5, 0.6) is 0 Å². The van der Waals surface area contributed by atoms with Crippen LogP contribution in [0.1, 0.15) is 39.0 Å². The van der Waals surface area contributed by atoms with Gasteiger partial charge in [0.1, 0.15) is 0 Å². The number of hydrogen-bond acceptors (Lipinski definition) is 3. The first-order valence-corrected chi connectivity index (χ1v) is 11.3. The van der Waals surface area contributed by atoms with Crippen LogP contribution in [0.4, 0.5) is 0 Å². The molecule has 1 heterocycles. The minimum Gasteiger partial charge on any atom is -0.336 e. The third kappa shape index (κ3) is 3.47. The summed E-state index contributed by atoms with van der Waals surface area (Å²) in [5, 5.41) is 0. The second-order valence-corrected chi connectivity index (χ2v) is 9.71. The van der Waals surface area contributed by atoms with Gasteiger partial charge in [-0.3, -0.25) is 4.79 Å². The largest absolute Gasteiger partial charge is 0.336 e. The summed E-state index contributed by atoms with van der Waals surface area (Å²) in [5.74, 6) is -0.00140. The van der Waals surface area contributed by atoms with Gasteiger partial charge in [0.15, 0.2) is 0 Å². The highest BCUT2D eigenvalue weighted by molar-refractivity contribution is 7.89. The van der Waals surface area contributed by atoms with E-state index in [1.807, 2.05) is 38.1 Å². The van der Waals surface area contributed by atoms with Gasteiger partial charge in [0.05, 0.1) is 4.90 Å². The van der Waals surface area contributed by atoms with E-state index in [1.54, 1.807) is 11.0 Å². The van der Waals surface area contributed by atoms with Crippen LogP contribution in [-0.2, 0) is 22.9 Å². The van der Waals surface area contributed by atoms with Crippen LogP contribution >= 0.6 is 0 Å². The number of carbonyl (C=O) groups is 1. The average molecular weight is 399 g/mol. The Balaban J connectivity index is 1.47. The summed E-state index contributed by atoms with van der Waals surface area (Å²) < 4.78 is 27.6. The predicted molar refractivity (Wildman–Crippen MR) is 109 cm³/mol. The second kappa shape index (κ2) is 7.33. The van der Waals surface area contributed by atoms with Gasteiger partial charge in [-0.2, -0.15) is 4.31 Å². The molecule has 2 aromatic carbocycles. The van der Waals surface area contributed by atoms with E-state index in [0.717, 1.165) is 30.4 Å². The Hall–Kier alpha value is -2.18. The fourth-order valence-corrected chi connectivity index (χ4v) is 5.88. The molecule has 0 bridgehead atoms. The number of rotatable bonds is 3. The fourth-order valence-electron chi connectivity index (χ4n) is 4.14. The number of amides is 1. The maximum atomic E-state index is 13.1. The number of nitrogens with zero attached hydrogens (tertiary/aromatic N) is 2. The van der Waals surface area contributed by atoms with Gasteiger partial charge in [-0.15, -0.1) is 0 Å². The van der Waals surface area contributed by atoms with Gasteiger partial charge < -0.3 is 4.90 Å². The topological polar surface area (TPSA) is 57.7 Å². The molecule has 0 saturated carbocycles. The molecule has 1 aliphatic carbocycles. The molecule has 5 nitrogen and oxygen atoms in total. The molecule has 6 heteroatoms. The molecule has 2 aromatic rings. The van der Waals surface area contributed by atoms with Crippen molar-refractivity contribution in [3.63, 3.8) is 0 Å². The number of sulfonamides is 1. The van der Waals surface area contributed by atoms with Crippen LogP contribution < -0.4 is 0 Å². The van der Waals surface area contributed by atoms with Crippen LogP contribution in [0.15, 0.2) is 41.3 Å². The minimum absolute atomic E-state index is 0.00140. The molecule has 0 N–H and O–H groups in total. The van der Waals surface area contributed by atoms with E-state index >= 15 is 0 Å². The molecule has 2 aliphatic rings. The lowest BCUT2D eigenvalue weighted by Gasteiger charge is -2.34. The second-order valence-electron chi connectivity index (χ2n) is 7.80. The number of carbonyl (C=O) groups excluding carboxylic acids is 1. The Morgan fingerprint density at radius 3 is 2.36 bits per heavy atom. The lowest BCUT2D eigenvalue weighted by atomic mass is 10.1. The van der Waals surface area contributed by atoms with Gasteiger partial charge in [-0.05, 0) is 73.6 Å². The van der Waals surface area contributed by atoms with Crippen molar-refractivity contribution < 1.29 is 13.2 Å². The summed E-state index contributed by atoms with van der Waals surface area (Å²) in [4.78, 5) is 15.0. The van der Waals surface area contributed by atoms with Crippen molar-refractivity contribution in [2.75, 3.05) is 26.2 Å². The van der Waals surface area contributed by atoms with Crippen LogP contribution in [0.2, 0.25) is 0 Å². The monoisotopic (exact) mass is 398 g/mol. The maximum absolute atomic E-state index is 13.1. The van der Waals surface area contributed by atoms with Crippen molar-refractivity contribution in [2.24, 2.45) is 0 Å². The van der Waals surface area contributed by atoms with Gasteiger partial charge in [0.25, 0.3) is 5.91 Å². The number of fused-ring (bicyclic) bond motifs is 1. The SMILES string of the molecule is Cc1ccc(C)c(S(=O)(=O)N2CCN(C(=O)c3ccc4c(c3)CCC4)CC2)c1. The Morgan fingerprint density at radius 1 is 0.893 bits per heavy atom. The van der Waals surface area contributed by atoms with Crippen LogP contribution in [0, 0.1) is 13.8 Å². The molecule has 0 radical (unpaired) electrons. The molecular weight excluding hydrogens is 372 g/mol. The summed E-state index contributed by atoms with van der Waals surface area (Å²) in [5.41, 5.74) is 5.02. The van der Waals surface area contributed by atoms with Gasteiger partial charge in [-0.25, -0.2) is 8.42 Å². The summed E-state index contributed by atoms with van der Waals surface area (Å²) in [7, 11) is -3.54. The van der Waals surface area contributed by atoms with Crippen molar-refractivity contribution in [2.45, 2.75) is 38.0 Å². The molecular formula is C22H26N2O3S. The minimum atomic E-state index is -3.54. The quantitative estimate of drug-likeness (QED) is 0.799. The van der Waals surface area contributed by atoms with Crippen molar-refractivity contribution >= 4 is 15.9 Å². The van der Waals surface area contributed by atoms with Gasteiger partial charge in [0.2, 0.25) is 10.0 Å². The van der Waals surface area contributed by atoms with Crippen molar-refractivity contribution in [3.8, 4) is 0 Å². The summed E-state index contributed by atoms with van der Waals surface area (Å²) in [6.45, 7) is 5.20. The summed E-state index contributed by atoms with van der Waals surface area (Å²) in [6, 6.07) is 11.5. The lowest BCUT2D eigenvalue weighted by molar-refractivity contribution is 0.0698. The number of benzene rings is 2. The van der Waals surface area contributed by atoms with Crippen LogP contribution in [0.25, 0.3) is 0 Å². The zero-order valence-electron chi connectivity index (χ0n) is 16.4. The van der Waals surface area contributed by atoms with E-state index in [1.165, 1.54) is 15.4 Å². The van der Waals surface area contributed by atoms with Crippen molar-refractivity contribution in [1.29, 1.82) is 0 Å². The Kier molecular flexibility index (Phi) is 5.02. The molecule has 0 spiro atoms. The number of aryl methyl sites for hydroxylation is 4. The standard InChI is InChI=1S/C22H26N2O3S/c1-16-6-7-17(2)21(14-16)28(26,27)24-12-10-23(11-13-24)22(25)20-9-8-18-4-3-5-19(18)15-20/h6-9,14-15H,3-5,10-13H2,1-2H3. The molecule has 1 fully saturated rings. The molecule has 1 aliphatic heterocycles. The first-order chi connectivity index (χ1) is 13.4. The van der Waals surface area contributed by atoms with Crippen molar-refractivity contribution in [1.82, 2.24) is 9.21 Å². The Bertz CT molecular complexity index is 1020. The summed E-state index contributed by atoms with van der Waals surface area (Å²) >= 11 is 0. The third-order valence-corrected chi connectivity index (χ3v) is 7.87. The normalized spacial score (nSPS) is 17.6. The predicted octanol–water partition coefficient (Wildman–Crippen LogP) is 2.94. The van der Waals surface area contributed by atoms with Gasteiger partial charge >= 0.3 is 0 Å². The average Bonchev–Trinajstić information content (AvgIpc) is 3.17. The maximum Gasteiger partial charge on any atom is 0.253 e. The van der Waals surface area contributed by atoms with E-state index < -0.39 is 10.0 Å². The molecule has 1 saturated heterocycles. The Morgan fingerprint density at radius 2 is 1.61 bits per heavy atom. The van der Waals surface area contributed by atoms with E-state index in [9.17, 15) is 13.2 Å². The number of piperazine rings is 1. The van der Waals surface area contributed by atoms with Crippen molar-refractivity contribution in [3.05, 3.63) is 64.2 Å². The first-order valence-electron chi connectivity index (χ1n) is 9.85. The fraction of sp³-hybridized carbons (Fsp3) is 0.409.